The average Bonchev–Trinajstić information content (AvgIpc) is 3.45. The highest BCUT2D eigenvalue weighted by Crippen LogP contribution is 2.41. The van der Waals surface area contributed by atoms with Crippen LogP contribution in [0.15, 0.2) is 47.4 Å². The number of hydrogen-bond donors (Lipinski definition) is 2. The summed E-state index contributed by atoms with van der Waals surface area (Å²) in [6.07, 6.45) is 7.25. The van der Waals surface area contributed by atoms with E-state index in [-0.39, 0.29) is 35.9 Å². The van der Waals surface area contributed by atoms with Gasteiger partial charge in [-0.3, -0.25) is 9.59 Å². The zero-order valence-electron chi connectivity index (χ0n) is 32.5. The van der Waals surface area contributed by atoms with Crippen molar-refractivity contribution in [1.82, 2.24) is 4.98 Å². The van der Waals surface area contributed by atoms with E-state index >= 15 is 0 Å². The molecule has 0 aliphatic rings. The molecule has 280 valence electrons. The van der Waals surface area contributed by atoms with Crippen LogP contribution in [0.2, 0.25) is 18.1 Å². The van der Waals surface area contributed by atoms with Crippen molar-refractivity contribution in [3.8, 4) is 5.75 Å². The Balaban J connectivity index is 2.15. The van der Waals surface area contributed by atoms with Gasteiger partial charge in [-0.15, -0.1) is 11.3 Å². The number of aliphatic carboxylic acids is 1. The molecule has 0 fully saturated rings. The zero-order chi connectivity index (χ0) is 37.9. The number of thiazole rings is 1. The molecule has 2 aromatic rings. The first-order valence-corrected chi connectivity index (χ1v) is 21.6. The second kappa shape index (κ2) is 19.3. The predicted octanol–water partition coefficient (Wildman–Crippen LogP) is 9.66. The van der Waals surface area contributed by atoms with Crippen LogP contribution in [0, 0.1) is 24.2 Å². The maximum Gasteiger partial charge on any atom is 0.306 e. The number of aliphatic hydroxyl groups is 1. The van der Waals surface area contributed by atoms with Crippen molar-refractivity contribution in [2.45, 2.75) is 137 Å². The second-order valence-electron chi connectivity index (χ2n) is 15.8. The zero-order valence-corrected chi connectivity index (χ0v) is 34.4. The van der Waals surface area contributed by atoms with Crippen LogP contribution < -0.4 is 4.74 Å². The van der Waals surface area contributed by atoms with Crippen molar-refractivity contribution < 1.29 is 33.7 Å². The molecule has 0 saturated heterocycles. The molecule has 2 N–H and O–H groups in total. The first-order chi connectivity index (χ1) is 23.2. The number of carboxylic acids is 1. The standard InChI is InChI=1S/C40H63NO7SSi/c1-27(17-15-13-14-16-18-34(42)28(2)23-32-26-49-30(4)41-32)37(48-50(11,12)39(5,6)7)29(3)38(45)40(8,9)35(24-36(43)44)47-25-31-19-21-33(46-10)22-20-31/h14,16,19-23,26-27,29,34-35,37,42H,13,15,17-18,24-25H2,1-12H3,(H,43,44)/b16-14-,28-23+/t27-,29-,34-,35-,37+/m0/s1. The number of Topliss-reactive ketones (excluding diaryl/α,β-unsaturated/α-hetero) is 1. The van der Waals surface area contributed by atoms with Gasteiger partial charge in [0, 0.05) is 11.3 Å². The van der Waals surface area contributed by atoms with Crippen LogP contribution in [0.25, 0.3) is 6.08 Å². The molecule has 2 rings (SSSR count). The van der Waals surface area contributed by atoms with Gasteiger partial charge >= 0.3 is 5.97 Å². The summed E-state index contributed by atoms with van der Waals surface area (Å²) in [5.74, 6) is -0.737. The highest BCUT2D eigenvalue weighted by Gasteiger charge is 2.47. The number of unbranched alkanes of at least 4 members (excludes halogenated alkanes) is 1. The van der Waals surface area contributed by atoms with Gasteiger partial charge in [-0.2, -0.15) is 0 Å². The van der Waals surface area contributed by atoms with Crippen molar-refractivity contribution in [2.24, 2.45) is 17.3 Å². The van der Waals surface area contributed by atoms with Crippen LogP contribution in [0.1, 0.15) is 104 Å². The molecule has 0 bridgehead atoms. The Morgan fingerprint density at radius 3 is 2.24 bits per heavy atom. The monoisotopic (exact) mass is 729 g/mol. The number of aromatic nitrogens is 1. The maximum atomic E-state index is 14.4. The van der Waals surface area contributed by atoms with Gasteiger partial charge in [-0.05, 0) is 92.9 Å². The number of aliphatic hydroxyl groups excluding tert-OH is 1. The third-order valence-electron chi connectivity index (χ3n) is 10.2. The number of benzene rings is 1. The number of hydrogen-bond acceptors (Lipinski definition) is 8. The smallest absolute Gasteiger partial charge is 0.306 e. The third-order valence-corrected chi connectivity index (χ3v) is 15.5. The van der Waals surface area contributed by atoms with Crippen molar-refractivity contribution >= 4 is 37.5 Å². The first-order valence-electron chi connectivity index (χ1n) is 17.8. The van der Waals surface area contributed by atoms with Gasteiger partial charge in [0.2, 0.25) is 0 Å². The first kappa shape index (κ1) is 43.5. The molecule has 0 unspecified atom stereocenters. The van der Waals surface area contributed by atoms with Gasteiger partial charge in [0.05, 0.1) is 54.6 Å². The number of carboxylic acid groups (broad SMARTS) is 1. The molecular formula is C40H63NO7SSi. The Morgan fingerprint density at radius 2 is 1.70 bits per heavy atom. The minimum absolute atomic E-state index is 0.0506. The van der Waals surface area contributed by atoms with E-state index in [1.165, 1.54) is 0 Å². The SMILES string of the molecule is COc1ccc(CO[C@@H](CC(=O)O)C(C)(C)C(=O)[C@@H](C)[C@H](O[Si](C)(C)C(C)(C)C)[C@@H](C)CCC/C=C\C[C@H](O)/C(C)=C/c2csc(C)n2)cc1. The van der Waals surface area contributed by atoms with Gasteiger partial charge in [0.15, 0.2) is 8.32 Å². The summed E-state index contributed by atoms with van der Waals surface area (Å²) in [4.78, 5) is 30.8. The minimum atomic E-state index is -2.27. The van der Waals surface area contributed by atoms with Crippen LogP contribution >= 0.6 is 11.3 Å². The highest BCUT2D eigenvalue weighted by atomic mass is 32.1. The average molecular weight is 730 g/mol. The molecule has 10 heteroatoms. The Kier molecular flexibility index (Phi) is 16.8. The van der Waals surface area contributed by atoms with E-state index in [0.29, 0.717) is 6.42 Å². The van der Waals surface area contributed by atoms with Crippen LogP contribution in [0.4, 0.5) is 0 Å². The predicted molar refractivity (Wildman–Crippen MR) is 207 cm³/mol. The van der Waals surface area contributed by atoms with Crippen molar-refractivity contribution in [2.75, 3.05) is 7.11 Å². The van der Waals surface area contributed by atoms with E-state index in [0.717, 1.165) is 46.9 Å². The number of ether oxygens (including phenoxy) is 2. The highest BCUT2D eigenvalue weighted by molar-refractivity contribution is 7.09. The summed E-state index contributed by atoms with van der Waals surface area (Å²) in [7, 11) is -0.667. The molecule has 1 aromatic carbocycles. The lowest BCUT2D eigenvalue weighted by molar-refractivity contribution is -0.152. The number of carbonyl (C=O) groups is 2. The lowest BCUT2D eigenvalue weighted by atomic mass is 9.73. The number of ketones is 1. The largest absolute Gasteiger partial charge is 0.497 e. The second-order valence-corrected chi connectivity index (χ2v) is 21.6. The van der Waals surface area contributed by atoms with Crippen LogP contribution in [-0.2, 0) is 25.4 Å². The molecule has 0 radical (unpaired) electrons. The summed E-state index contributed by atoms with van der Waals surface area (Å²) >= 11 is 1.60. The Morgan fingerprint density at radius 1 is 1.06 bits per heavy atom. The lowest BCUT2D eigenvalue weighted by Crippen LogP contribution is -2.51. The number of carbonyl (C=O) groups excluding carboxylic acids is 1. The molecule has 50 heavy (non-hydrogen) atoms. The molecule has 1 aromatic heterocycles. The summed E-state index contributed by atoms with van der Waals surface area (Å²) in [5.41, 5.74) is 1.56. The van der Waals surface area contributed by atoms with E-state index in [1.54, 1.807) is 32.3 Å². The van der Waals surface area contributed by atoms with Crippen LogP contribution in [0.3, 0.4) is 0 Å². The Hall–Kier alpha value is -2.63. The van der Waals surface area contributed by atoms with Crippen LogP contribution in [-0.4, -0.2) is 60.7 Å². The number of aryl methyl sites for hydroxylation is 1. The van der Waals surface area contributed by atoms with Crippen molar-refractivity contribution in [1.29, 1.82) is 0 Å². The molecule has 0 amide bonds. The van der Waals surface area contributed by atoms with E-state index in [2.05, 4.69) is 51.8 Å². The third kappa shape index (κ3) is 13.2. The van der Waals surface area contributed by atoms with E-state index in [9.17, 15) is 19.8 Å². The molecule has 0 saturated carbocycles. The van der Waals surface area contributed by atoms with Gasteiger partial charge in [-0.25, -0.2) is 4.98 Å². The summed E-state index contributed by atoms with van der Waals surface area (Å²) in [5, 5.41) is 23.4. The maximum absolute atomic E-state index is 14.4. The summed E-state index contributed by atoms with van der Waals surface area (Å²) in [6.45, 7) is 22.8. The molecule has 0 aliphatic heterocycles. The van der Waals surface area contributed by atoms with Gasteiger partial charge < -0.3 is 24.1 Å². The number of methoxy groups -OCH3 is 1. The van der Waals surface area contributed by atoms with E-state index in [1.807, 2.05) is 62.6 Å². The molecule has 0 spiro atoms. The Bertz CT molecular complexity index is 1420. The molecule has 5 atom stereocenters. The lowest BCUT2D eigenvalue weighted by Gasteiger charge is -2.44. The normalized spacial score (nSPS) is 16.2. The quantitative estimate of drug-likeness (QED) is 0.0742. The van der Waals surface area contributed by atoms with Crippen LogP contribution in [0.5, 0.6) is 5.75 Å². The molecule has 1 heterocycles. The summed E-state index contributed by atoms with van der Waals surface area (Å²) in [6, 6.07) is 7.41. The van der Waals surface area contributed by atoms with Crippen molar-refractivity contribution in [3.63, 3.8) is 0 Å². The molecule has 8 nitrogen and oxygen atoms in total. The van der Waals surface area contributed by atoms with Gasteiger partial charge in [0.25, 0.3) is 0 Å². The minimum Gasteiger partial charge on any atom is -0.497 e. The van der Waals surface area contributed by atoms with E-state index < -0.39 is 37.8 Å². The number of nitrogens with zero attached hydrogens (tertiary/aromatic N) is 1. The molecular weight excluding hydrogens is 667 g/mol. The number of allylic oxidation sites excluding steroid dienone is 1. The fourth-order valence-corrected chi connectivity index (χ4v) is 7.79. The fourth-order valence-electron chi connectivity index (χ4n) is 5.75. The van der Waals surface area contributed by atoms with E-state index in [4.69, 9.17) is 13.9 Å². The van der Waals surface area contributed by atoms with Crippen molar-refractivity contribution in [3.05, 3.63) is 63.6 Å². The molecule has 0 aliphatic carbocycles. The Labute approximate surface area is 306 Å². The van der Waals surface area contributed by atoms with Gasteiger partial charge in [0.1, 0.15) is 11.5 Å². The summed E-state index contributed by atoms with van der Waals surface area (Å²) < 4.78 is 18.5. The number of rotatable bonds is 21. The fraction of sp³-hybridized carbons (Fsp3) is 0.625. The van der Waals surface area contributed by atoms with Gasteiger partial charge in [-0.1, -0.05) is 72.8 Å². The topological polar surface area (TPSA) is 115 Å².